The summed E-state index contributed by atoms with van der Waals surface area (Å²) >= 11 is 3.46. The summed E-state index contributed by atoms with van der Waals surface area (Å²) in [6.07, 6.45) is 0.858. The van der Waals surface area contributed by atoms with Crippen molar-refractivity contribution in [3.05, 3.63) is 63.6 Å². The second kappa shape index (κ2) is 5.33. The lowest BCUT2D eigenvalue weighted by atomic mass is 10.0. The van der Waals surface area contributed by atoms with Gasteiger partial charge in [-0.05, 0) is 30.2 Å². The summed E-state index contributed by atoms with van der Waals surface area (Å²) in [6, 6.07) is 14.1. The molecule has 0 atom stereocenters. The SMILES string of the molecule is Cc1cccc(C2=Nc3cc(Br)ccc3CC(=O)C2)c1. The van der Waals surface area contributed by atoms with Crippen molar-refractivity contribution in [2.24, 2.45) is 4.99 Å². The zero-order chi connectivity index (χ0) is 14.1. The molecule has 0 N–H and O–H groups in total. The van der Waals surface area contributed by atoms with Crippen molar-refractivity contribution in [2.45, 2.75) is 19.8 Å². The molecule has 3 heteroatoms. The summed E-state index contributed by atoms with van der Waals surface area (Å²) in [6.45, 7) is 2.05. The normalized spacial score (nSPS) is 14.5. The third-order valence-corrected chi connectivity index (χ3v) is 3.90. The molecule has 0 aliphatic carbocycles. The van der Waals surface area contributed by atoms with Crippen LogP contribution in [0.5, 0.6) is 0 Å². The largest absolute Gasteiger partial charge is 0.299 e. The Kier molecular flexibility index (Phi) is 3.53. The zero-order valence-electron chi connectivity index (χ0n) is 11.2. The van der Waals surface area contributed by atoms with E-state index in [2.05, 4.69) is 22.0 Å². The first-order valence-electron chi connectivity index (χ1n) is 6.56. The highest BCUT2D eigenvalue weighted by Gasteiger charge is 2.17. The number of Topliss-reactive ketones (excluding diaryl/α,β-unsaturated/α-hetero) is 1. The van der Waals surface area contributed by atoms with Gasteiger partial charge in [-0.25, -0.2) is 0 Å². The van der Waals surface area contributed by atoms with Crippen molar-refractivity contribution in [1.29, 1.82) is 0 Å². The van der Waals surface area contributed by atoms with Crippen LogP contribution in [-0.4, -0.2) is 11.5 Å². The minimum absolute atomic E-state index is 0.214. The molecular weight excluding hydrogens is 314 g/mol. The fourth-order valence-corrected chi connectivity index (χ4v) is 2.78. The first-order chi connectivity index (χ1) is 9.61. The third kappa shape index (κ3) is 2.73. The topological polar surface area (TPSA) is 29.4 Å². The second-order valence-corrected chi connectivity index (χ2v) is 6.01. The van der Waals surface area contributed by atoms with Crippen molar-refractivity contribution in [3.63, 3.8) is 0 Å². The van der Waals surface area contributed by atoms with E-state index < -0.39 is 0 Å². The fraction of sp³-hybridized carbons (Fsp3) is 0.176. The summed E-state index contributed by atoms with van der Waals surface area (Å²) in [4.78, 5) is 16.8. The Bertz CT molecular complexity index is 719. The lowest BCUT2D eigenvalue weighted by molar-refractivity contribution is -0.117. The Morgan fingerprint density at radius 2 is 1.95 bits per heavy atom. The van der Waals surface area contributed by atoms with Crippen molar-refractivity contribution < 1.29 is 4.79 Å². The van der Waals surface area contributed by atoms with Gasteiger partial charge in [-0.3, -0.25) is 9.79 Å². The predicted molar refractivity (Wildman–Crippen MR) is 84.8 cm³/mol. The Morgan fingerprint density at radius 1 is 1.10 bits per heavy atom. The summed E-state index contributed by atoms with van der Waals surface area (Å²) < 4.78 is 0.984. The number of halogens is 1. The maximum Gasteiger partial charge on any atom is 0.143 e. The van der Waals surface area contributed by atoms with Crippen molar-refractivity contribution in [2.75, 3.05) is 0 Å². The average Bonchev–Trinajstić information content (AvgIpc) is 2.56. The van der Waals surface area contributed by atoms with Gasteiger partial charge in [-0.2, -0.15) is 0 Å². The van der Waals surface area contributed by atoms with E-state index in [1.54, 1.807) is 0 Å². The van der Waals surface area contributed by atoms with Gasteiger partial charge in [0.1, 0.15) is 5.78 Å². The van der Waals surface area contributed by atoms with Crippen LogP contribution in [0.4, 0.5) is 5.69 Å². The molecule has 0 amide bonds. The van der Waals surface area contributed by atoms with E-state index in [9.17, 15) is 4.79 Å². The zero-order valence-corrected chi connectivity index (χ0v) is 12.8. The van der Waals surface area contributed by atoms with E-state index in [1.165, 1.54) is 5.56 Å². The number of nitrogens with zero attached hydrogens (tertiary/aromatic N) is 1. The number of rotatable bonds is 1. The second-order valence-electron chi connectivity index (χ2n) is 5.09. The van der Waals surface area contributed by atoms with Crippen LogP contribution >= 0.6 is 15.9 Å². The number of aryl methyl sites for hydroxylation is 1. The highest BCUT2D eigenvalue weighted by Crippen LogP contribution is 2.29. The van der Waals surface area contributed by atoms with Crippen LogP contribution in [0.2, 0.25) is 0 Å². The Labute approximate surface area is 126 Å². The van der Waals surface area contributed by atoms with Crippen LogP contribution in [0.1, 0.15) is 23.1 Å². The van der Waals surface area contributed by atoms with E-state index >= 15 is 0 Å². The molecule has 2 aromatic rings. The van der Waals surface area contributed by atoms with Crippen molar-refractivity contribution in [3.8, 4) is 0 Å². The fourth-order valence-electron chi connectivity index (χ4n) is 2.43. The summed E-state index contributed by atoms with van der Waals surface area (Å²) in [7, 11) is 0. The standard InChI is InChI=1S/C17H14BrNO/c1-11-3-2-4-12(7-11)17-10-15(20)8-13-5-6-14(18)9-16(13)19-17/h2-7,9H,8,10H2,1H3. The lowest BCUT2D eigenvalue weighted by Crippen LogP contribution is -2.09. The smallest absolute Gasteiger partial charge is 0.143 e. The van der Waals surface area contributed by atoms with Crippen LogP contribution in [0, 0.1) is 6.92 Å². The molecule has 0 unspecified atom stereocenters. The van der Waals surface area contributed by atoms with Crippen LogP contribution in [0.25, 0.3) is 0 Å². The highest BCUT2D eigenvalue weighted by atomic mass is 79.9. The van der Waals surface area contributed by atoms with Gasteiger partial charge in [0, 0.05) is 17.3 Å². The predicted octanol–water partition coefficient (Wildman–Crippen LogP) is 4.39. The molecule has 3 rings (SSSR count). The van der Waals surface area contributed by atoms with Gasteiger partial charge in [0.2, 0.25) is 0 Å². The minimum atomic E-state index is 0.214. The molecule has 0 fully saturated rings. The number of hydrogen-bond donors (Lipinski definition) is 0. The van der Waals surface area contributed by atoms with E-state index in [-0.39, 0.29) is 5.78 Å². The van der Waals surface area contributed by atoms with Crippen molar-refractivity contribution in [1.82, 2.24) is 0 Å². The monoisotopic (exact) mass is 327 g/mol. The summed E-state index contributed by atoms with van der Waals surface area (Å²) in [5.74, 6) is 0.214. The molecule has 20 heavy (non-hydrogen) atoms. The number of ketones is 1. The summed E-state index contributed by atoms with van der Waals surface area (Å²) in [5, 5.41) is 0. The first-order valence-corrected chi connectivity index (χ1v) is 7.36. The van der Waals surface area contributed by atoms with Crippen LogP contribution in [0.15, 0.2) is 51.9 Å². The third-order valence-electron chi connectivity index (χ3n) is 3.41. The van der Waals surface area contributed by atoms with Crippen molar-refractivity contribution >= 4 is 33.1 Å². The van der Waals surface area contributed by atoms with E-state index in [4.69, 9.17) is 4.99 Å². The van der Waals surface area contributed by atoms with Gasteiger partial charge in [0.25, 0.3) is 0 Å². The molecule has 0 saturated heterocycles. The van der Waals surface area contributed by atoms with Crippen LogP contribution < -0.4 is 0 Å². The van der Waals surface area contributed by atoms with Gasteiger partial charge >= 0.3 is 0 Å². The Morgan fingerprint density at radius 3 is 2.75 bits per heavy atom. The van der Waals surface area contributed by atoms with Crippen LogP contribution in [-0.2, 0) is 11.2 Å². The van der Waals surface area contributed by atoms with Gasteiger partial charge in [0.15, 0.2) is 0 Å². The Hall–Kier alpha value is -1.74. The van der Waals surface area contributed by atoms with Gasteiger partial charge in [0.05, 0.1) is 11.4 Å². The first kappa shape index (κ1) is 13.3. The molecule has 0 aromatic heterocycles. The molecule has 2 aromatic carbocycles. The van der Waals surface area contributed by atoms with Crippen LogP contribution in [0.3, 0.4) is 0 Å². The number of carbonyl (C=O) groups is 1. The van der Waals surface area contributed by atoms with E-state index in [1.807, 2.05) is 43.3 Å². The minimum Gasteiger partial charge on any atom is -0.299 e. The molecule has 0 saturated carbocycles. The average molecular weight is 328 g/mol. The lowest BCUT2D eigenvalue weighted by Gasteiger charge is -2.05. The molecule has 0 spiro atoms. The quantitative estimate of drug-likeness (QED) is 0.763. The van der Waals surface area contributed by atoms with Gasteiger partial charge in [-0.1, -0.05) is 51.8 Å². The molecule has 100 valence electrons. The van der Waals surface area contributed by atoms with E-state index in [0.717, 1.165) is 27.0 Å². The van der Waals surface area contributed by atoms with E-state index in [0.29, 0.717) is 12.8 Å². The molecule has 0 radical (unpaired) electrons. The number of fused-ring (bicyclic) bond motifs is 1. The number of benzene rings is 2. The molecule has 1 heterocycles. The number of carbonyl (C=O) groups excluding carboxylic acids is 1. The highest BCUT2D eigenvalue weighted by molar-refractivity contribution is 9.10. The molecular formula is C17H14BrNO. The number of aliphatic imine (C=N–C) groups is 1. The molecule has 2 nitrogen and oxygen atoms in total. The Balaban J connectivity index is 2.13. The number of hydrogen-bond acceptors (Lipinski definition) is 2. The molecule has 1 aliphatic heterocycles. The van der Waals surface area contributed by atoms with Gasteiger partial charge < -0.3 is 0 Å². The van der Waals surface area contributed by atoms with Gasteiger partial charge in [-0.15, -0.1) is 0 Å². The maximum absolute atomic E-state index is 12.1. The summed E-state index contributed by atoms with van der Waals surface area (Å²) in [5.41, 5.74) is 4.96. The maximum atomic E-state index is 12.1. The molecule has 1 aliphatic rings. The molecule has 0 bridgehead atoms.